The molecule has 2 aromatic rings. The summed E-state index contributed by atoms with van der Waals surface area (Å²) in [5.41, 5.74) is 2.35. The highest BCUT2D eigenvalue weighted by Gasteiger charge is 2.56. The Labute approximate surface area is 145 Å². The van der Waals surface area contributed by atoms with Crippen LogP contribution in [0.4, 0.5) is 0 Å². The van der Waals surface area contributed by atoms with Gasteiger partial charge in [0.25, 0.3) is 5.91 Å². The van der Waals surface area contributed by atoms with Gasteiger partial charge in [0.1, 0.15) is 6.10 Å². The Hall–Kier alpha value is -2.88. The molecule has 1 heterocycles. The third-order valence-electron chi connectivity index (χ3n) is 5.65. The second-order valence-corrected chi connectivity index (χ2v) is 6.89. The third kappa shape index (κ3) is 2.07. The first kappa shape index (κ1) is 14.5. The van der Waals surface area contributed by atoms with Crippen molar-refractivity contribution in [3.63, 3.8) is 0 Å². The minimum Gasteiger partial charge on any atom is -0.457 e. The van der Waals surface area contributed by atoms with Gasteiger partial charge in [-0.05, 0) is 23.8 Å². The van der Waals surface area contributed by atoms with Crippen LogP contribution in [0.2, 0.25) is 0 Å². The molecule has 0 saturated heterocycles. The second kappa shape index (κ2) is 5.31. The van der Waals surface area contributed by atoms with Crippen molar-refractivity contribution in [2.24, 2.45) is 11.8 Å². The van der Waals surface area contributed by atoms with Crippen molar-refractivity contribution in [1.29, 1.82) is 0 Å². The molecule has 0 radical (unpaired) electrons. The highest BCUT2D eigenvalue weighted by atomic mass is 16.5. The number of esters is 1. The second-order valence-electron chi connectivity index (χ2n) is 6.89. The van der Waals surface area contributed by atoms with Gasteiger partial charge in [0.05, 0.1) is 5.56 Å². The summed E-state index contributed by atoms with van der Waals surface area (Å²) in [6.07, 6.45) is 4.00. The number of hydrogen-bond donors (Lipinski definition) is 1. The van der Waals surface area contributed by atoms with Crippen molar-refractivity contribution >= 4 is 11.9 Å². The molecule has 2 bridgehead atoms. The van der Waals surface area contributed by atoms with Crippen LogP contribution in [0.15, 0.2) is 66.7 Å². The maximum Gasteiger partial charge on any atom is 0.338 e. The highest BCUT2D eigenvalue weighted by Crippen LogP contribution is 2.52. The fourth-order valence-corrected chi connectivity index (χ4v) is 4.59. The Balaban J connectivity index is 1.47. The number of amides is 1. The van der Waals surface area contributed by atoms with Crippen molar-refractivity contribution in [2.75, 3.05) is 0 Å². The Morgan fingerprint density at radius 1 is 0.920 bits per heavy atom. The van der Waals surface area contributed by atoms with E-state index in [9.17, 15) is 9.59 Å². The van der Waals surface area contributed by atoms with Crippen LogP contribution in [0.5, 0.6) is 0 Å². The van der Waals surface area contributed by atoms with E-state index in [1.54, 1.807) is 12.1 Å². The van der Waals surface area contributed by atoms with Gasteiger partial charge in [0, 0.05) is 29.4 Å². The van der Waals surface area contributed by atoms with Gasteiger partial charge >= 0.3 is 5.97 Å². The molecule has 4 heteroatoms. The Morgan fingerprint density at radius 2 is 1.64 bits per heavy atom. The summed E-state index contributed by atoms with van der Waals surface area (Å²) in [5.74, 6) is -0.0460. The lowest BCUT2D eigenvalue weighted by atomic mass is 9.78. The van der Waals surface area contributed by atoms with Crippen molar-refractivity contribution in [3.8, 4) is 0 Å². The standard InChI is InChI=1S/C21H17NO3/c23-20-14-9-5-4-8-13(14)17-15-10-11-16(18(17)22-20)19(15)25-21(24)12-6-2-1-3-7-12/h1-11,15-19H,(H,22,23)/t15?,16?,17-,18+,19?/m1/s1. The fourth-order valence-electron chi connectivity index (χ4n) is 4.59. The molecule has 5 rings (SSSR count). The minimum atomic E-state index is -0.303. The number of carbonyl (C=O) groups excluding carboxylic acids is 2. The van der Waals surface area contributed by atoms with Gasteiger partial charge in [0.2, 0.25) is 0 Å². The van der Waals surface area contributed by atoms with Gasteiger partial charge in [-0.25, -0.2) is 4.79 Å². The Morgan fingerprint density at radius 3 is 2.48 bits per heavy atom. The summed E-state index contributed by atoms with van der Waals surface area (Å²) in [7, 11) is 0. The molecular formula is C21H17NO3. The Kier molecular flexibility index (Phi) is 3.07. The van der Waals surface area contributed by atoms with Crippen LogP contribution in [0, 0.1) is 11.8 Å². The van der Waals surface area contributed by atoms with Crippen LogP contribution < -0.4 is 5.32 Å². The molecular weight excluding hydrogens is 314 g/mol. The fraction of sp³-hybridized carbons (Fsp3) is 0.238. The first-order valence-electron chi connectivity index (χ1n) is 8.58. The molecule has 124 valence electrons. The van der Waals surface area contributed by atoms with Gasteiger partial charge in [-0.2, -0.15) is 0 Å². The van der Waals surface area contributed by atoms with E-state index in [1.165, 1.54) is 0 Å². The molecule has 4 nitrogen and oxygen atoms in total. The predicted molar refractivity (Wildman–Crippen MR) is 92.2 cm³/mol. The van der Waals surface area contributed by atoms with Crippen LogP contribution in [0.25, 0.3) is 0 Å². The summed E-state index contributed by atoms with van der Waals surface area (Å²) in [5, 5.41) is 3.13. The summed E-state index contributed by atoms with van der Waals surface area (Å²) < 4.78 is 5.87. The smallest absolute Gasteiger partial charge is 0.338 e. The maximum absolute atomic E-state index is 12.5. The molecule has 3 unspecified atom stereocenters. The van der Waals surface area contributed by atoms with E-state index in [2.05, 4.69) is 17.5 Å². The number of benzene rings is 2. The SMILES string of the molecule is O=C(OC1C2C=CC1[C@@H]1NC(=O)c3ccccc3[C@H]21)c1ccccc1. The average Bonchev–Trinajstić information content (AvgIpc) is 3.18. The van der Waals surface area contributed by atoms with E-state index in [0.29, 0.717) is 5.56 Å². The third-order valence-corrected chi connectivity index (χ3v) is 5.65. The van der Waals surface area contributed by atoms with Gasteiger partial charge in [-0.15, -0.1) is 0 Å². The van der Waals surface area contributed by atoms with Crippen LogP contribution in [0.3, 0.4) is 0 Å². The van der Waals surface area contributed by atoms with E-state index in [0.717, 1.165) is 11.1 Å². The maximum atomic E-state index is 12.5. The first-order valence-corrected chi connectivity index (χ1v) is 8.58. The number of carbonyl (C=O) groups is 2. The van der Waals surface area contributed by atoms with E-state index in [4.69, 9.17) is 4.74 Å². The molecule has 1 aliphatic heterocycles. The van der Waals surface area contributed by atoms with Crippen LogP contribution in [-0.2, 0) is 4.74 Å². The molecule has 25 heavy (non-hydrogen) atoms. The predicted octanol–water partition coefficient (Wildman–Crippen LogP) is 2.92. The van der Waals surface area contributed by atoms with E-state index in [-0.39, 0.29) is 41.8 Å². The molecule has 2 aromatic carbocycles. The van der Waals surface area contributed by atoms with Crippen LogP contribution in [-0.4, -0.2) is 24.0 Å². The Bertz CT molecular complexity index is 889. The van der Waals surface area contributed by atoms with Crippen molar-refractivity contribution in [2.45, 2.75) is 18.1 Å². The number of hydrogen-bond acceptors (Lipinski definition) is 3. The zero-order valence-electron chi connectivity index (χ0n) is 13.5. The largest absolute Gasteiger partial charge is 0.457 e. The summed E-state index contributed by atoms with van der Waals surface area (Å²) >= 11 is 0. The molecule has 1 saturated carbocycles. The summed E-state index contributed by atoms with van der Waals surface area (Å²) in [6, 6.07) is 16.8. The van der Waals surface area contributed by atoms with Gasteiger partial charge in [0.15, 0.2) is 0 Å². The minimum absolute atomic E-state index is 0.00836. The molecule has 0 aromatic heterocycles. The first-order chi connectivity index (χ1) is 12.2. The normalized spacial score (nSPS) is 31.2. The number of fused-ring (bicyclic) bond motifs is 7. The number of ether oxygens (including phenoxy) is 1. The molecule has 0 spiro atoms. The van der Waals surface area contributed by atoms with E-state index < -0.39 is 0 Å². The van der Waals surface area contributed by atoms with Crippen molar-refractivity contribution in [3.05, 3.63) is 83.4 Å². The quantitative estimate of drug-likeness (QED) is 0.680. The van der Waals surface area contributed by atoms with E-state index in [1.807, 2.05) is 42.5 Å². The lowest BCUT2D eigenvalue weighted by molar-refractivity contribution is 0.0199. The van der Waals surface area contributed by atoms with Crippen LogP contribution >= 0.6 is 0 Å². The lowest BCUT2D eigenvalue weighted by Crippen LogP contribution is -2.46. The number of rotatable bonds is 2. The zero-order chi connectivity index (χ0) is 17.0. The lowest BCUT2D eigenvalue weighted by Gasteiger charge is -2.34. The molecule has 1 amide bonds. The molecule has 1 fully saturated rings. The number of nitrogens with one attached hydrogen (secondary N) is 1. The van der Waals surface area contributed by atoms with Gasteiger partial charge < -0.3 is 10.1 Å². The molecule has 2 aliphatic carbocycles. The molecule has 1 N–H and O–H groups in total. The van der Waals surface area contributed by atoms with Gasteiger partial charge in [-0.1, -0.05) is 48.6 Å². The van der Waals surface area contributed by atoms with Crippen molar-refractivity contribution in [1.82, 2.24) is 5.32 Å². The van der Waals surface area contributed by atoms with Crippen molar-refractivity contribution < 1.29 is 14.3 Å². The summed E-state index contributed by atoms with van der Waals surface area (Å²) in [6.45, 7) is 0. The topological polar surface area (TPSA) is 55.4 Å². The monoisotopic (exact) mass is 331 g/mol. The average molecular weight is 331 g/mol. The van der Waals surface area contributed by atoms with Gasteiger partial charge in [-0.3, -0.25) is 4.79 Å². The summed E-state index contributed by atoms with van der Waals surface area (Å²) in [4.78, 5) is 24.9. The highest BCUT2D eigenvalue weighted by molar-refractivity contribution is 5.97. The van der Waals surface area contributed by atoms with E-state index >= 15 is 0 Å². The molecule has 3 aliphatic rings. The van der Waals surface area contributed by atoms with Crippen LogP contribution in [0.1, 0.15) is 32.2 Å². The zero-order valence-corrected chi connectivity index (χ0v) is 13.5. The molecule has 5 atom stereocenters.